The minimum atomic E-state index is -4.76. The van der Waals surface area contributed by atoms with E-state index in [0.717, 1.165) is 25.3 Å². The zero-order valence-corrected chi connectivity index (χ0v) is 17.1. The summed E-state index contributed by atoms with van der Waals surface area (Å²) in [5, 5.41) is 6.35. The summed E-state index contributed by atoms with van der Waals surface area (Å²) in [6.07, 6.45) is 1.86. The molecule has 2 aromatic rings. The lowest BCUT2D eigenvalue weighted by Gasteiger charge is -2.60. The minimum absolute atomic E-state index is 0.0634. The molecule has 4 saturated carbocycles. The summed E-state index contributed by atoms with van der Waals surface area (Å²) in [7, 11) is 0. The third-order valence-corrected chi connectivity index (χ3v) is 7.25. The van der Waals surface area contributed by atoms with Gasteiger partial charge in [0.2, 0.25) is 11.8 Å². The van der Waals surface area contributed by atoms with E-state index in [4.69, 9.17) is 0 Å². The van der Waals surface area contributed by atoms with Crippen molar-refractivity contribution in [1.82, 2.24) is 15.1 Å². The summed E-state index contributed by atoms with van der Waals surface area (Å²) < 4.78 is 57.6. The first-order valence-electron chi connectivity index (χ1n) is 10.6. The molecule has 4 fully saturated rings. The molecule has 6 rings (SSSR count). The van der Waals surface area contributed by atoms with E-state index in [2.05, 4.69) is 14.6 Å². The van der Waals surface area contributed by atoms with Gasteiger partial charge in [0.1, 0.15) is 5.82 Å². The molecule has 0 radical (unpaired) electrons. The van der Waals surface area contributed by atoms with Crippen LogP contribution in [-0.4, -0.2) is 26.5 Å². The van der Waals surface area contributed by atoms with Crippen molar-refractivity contribution in [3.8, 4) is 11.5 Å². The van der Waals surface area contributed by atoms with Gasteiger partial charge in [-0.05, 0) is 68.4 Å². The van der Waals surface area contributed by atoms with Crippen molar-refractivity contribution >= 4 is 5.91 Å². The van der Waals surface area contributed by atoms with Crippen LogP contribution in [0.15, 0.2) is 22.6 Å². The molecule has 0 saturated heterocycles. The topological polar surface area (TPSA) is 59.2 Å². The highest BCUT2D eigenvalue weighted by molar-refractivity contribution is 5.74. The quantitative estimate of drug-likeness (QED) is 0.616. The maximum Gasteiger partial charge on any atom is 0.470 e. The second-order valence-electron chi connectivity index (χ2n) is 9.46. The van der Waals surface area contributed by atoms with Crippen LogP contribution in [-0.2, 0) is 17.5 Å². The van der Waals surface area contributed by atoms with Crippen LogP contribution in [0.3, 0.4) is 0 Å². The fraction of sp³-hybridized carbons (Fsp3) is 0.591. The minimum Gasteiger partial charge on any atom is -0.413 e. The van der Waals surface area contributed by atoms with Gasteiger partial charge in [-0.2, -0.15) is 13.2 Å². The fourth-order valence-corrected chi connectivity index (χ4v) is 6.44. The molecule has 0 unspecified atom stereocenters. The normalized spacial score (nSPS) is 29.4. The lowest BCUT2D eigenvalue weighted by Crippen LogP contribution is -2.60. The molecule has 9 heteroatoms. The van der Waals surface area contributed by atoms with E-state index in [1.807, 2.05) is 4.90 Å². The Morgan fingerprint density at radius 2 is 1.74 bits per heavy atom. The monoisotopic (exact) mass is 437 g/mol. The predicted octanol–water partition coefficient (Wildman–Crippen LogP) is 5.21. The molecule has 0 aliphatic heterocycles. The number of carbonyl (C=O) groups is 1. The molecule has 1 aromatic carbocycles. The largest absolute Gasteiger partial charge is 0.470 e. The molecular weight excluding hydrogens is 414 g/mol. The third-order valence-electron chi connectivity index (χ3n) is 7.25. The van der Waals surface area contributed by atoms with Crippen LogP contribution in [0.2, 0.25) is 0 Å². The third kappa shape index (κ3) is 3.61. The van der Waals surface area contributed by atoms with Crippen molar-refractivity contribution in [3.63, 3.8) is 0 Å². The lowest BCUT2D eigenvalue weighted by atomic mass is 9.52. The van der Waals surface area contributed by atoms with E-state index in [1.165, 1.54) is 38.3 Å². The Hall–Kier alpha value is -2.45. The summed E-state index contributed by atoms with van der Waals surface area (Å²) in [5.74, 6) is -0.641. The van der Waals surface area contributed by atoms with E-state index >= 15 is 0 Å². The van der Waals surface area contributed by atoms with Crippen molar-refractivity contribution in [2.24, 2.45) is 17.8 Å². The highest BCUT2D eigenvalue weighted by Crippen LogP contribution is 2.58. The van der Waals surface area contributed by atoms with Gasteiger partial charge in [0.05, 0.1) is 0 Å². The maximum absolute atomic E-state index is 14.9. The first kappa shape index (κ1) is 20.5. The van der Waals surface area contributed by atoms with Gasteiger partial charge in [0.15, 0.2) is 0 Å². The standard InChI is InChI=1S/C22H23F4N3O2/c1-12(30)29(21-8-13-4-14(9-21)6-15(5-13)10-21)11-17-3-2-16(7-18(17)23)19-27-28-20(31-19)22(24,25)26/h2-3,7,13-15H,4-6,8-11H2,1H3. The lowest BCUT2D eigenvalue weighted by molar-refractivity contribution is -0.157. The zero-order chi connectivity index (χ0) is 22.0. The van der Waals surface area contributed by atoms with Gasteiger partial charge >= 0.3 is 12.1 Å². The van der Waals surface area contributed by atoms with Crippen molar-refractivity contribution < 1.29 is 26.8 Å². The van der Waals surface area contributed by atoms with Crippen LogP contribution in [0, 0.1) is 23.6 Å². The first-order chi connectivity index (χ1) is 14.6. The summed E-state index contributed by atoms with van der Waals surface area (Å²) in [6.45, 7) is 1.67. The van der Waals surface area contributed by atoms with Gasteiger partial charge in [-0.1, -0.05) is 6.07 Å². The van der Waals surface area contributed by atoms with Gasteiger partial charge in [0.25, 0.3) is 0 Å². The number of rotatable bonds is 4. The van der Waals surface area contributed by atoms with Gasteiger partial charge in [-0.15, -0.1) is 10.2 Å². The molecular formula is C22H23F4N3O2. The average molecular weight is 437 g/mol. The summed E-state index contributed by atoms with van der Waals surface area (Å²) in [6, 6.07) is 4.02. The number of hydrogen-bond acceptors (Lipinski definition) is 4. The molecule has 1 heterocycles. The Labute approximate surface area is 176 Å². The Morgan fingerprint density at radius 1 is 1.13 bits per heavy atom. The van der Waals surface area contributed by atoms with Crippen molar-refractivity contribution in [2.75, 3.05) is 0 Å². The Kier molecular flexibility index (Phi) is 4.64. The summed E-state index contributed by atoms with van der Waals surface area (Å²) >= 11 is 0. The van der Waals surface area contributed by atoms with Gasteiger partial charge in [-0.3, -0.25) is 4.79 Å². The van der Waals surface area contributed by atoms with Crippen LogP contribution in [0.25, 0.3) is 11.5 Å². The SMILES string of the molecule is CC(=O)N(Cc1ccc(-c2nnc(C(F)(F)F)o2)cc1F)C12CC3CC(CC(C3)C1)C2. The first-order valence-corrected chi connectivity index (χ1v) is 10.6. The Morgan fingerprint density at radius 3 is 2.23 bits per heavy atom. The van der Waals surface area contributed by atoms with Crippen LogP contribution in [0.5, 0.6) is 0 Å². The van der Waals surface area contributed by atoms with Crippen LogP contribution < -0.4 is 0 Å². The highest BCUT2D eigenvalue weighted by atomic mass is 19.4. The molecule has 1 amide bonds. The number of hydrogen-bond donors (Lipinski definition) is 0. The molecule has 166 valence electrons. The van der Waals surface area contributed by atoms with Crippen molar-refractivity contribution in [1.29, 1.82) is 0 Å². The number of alkyl halides is 3. The summed E-state index contributed by atoms with van der Waals surface area (Å²) in [4.78, 5) is 14.5. The second-order valence-corrected chi connectivity index (χ2v) is 9.46. The fourth-order valence-electron chi connectivity index (χ4n) is 6.44. The number of aromatic nitrogens is 2. The molecule has 4 aliphatic rings. The number of halogens is 4. The molecule has 0 N–H and O–H groups in total. The maximum atomic E-state index is 14.9. The van der Waals surface area contributed by atoms with Crippen LogP contribution in [0.1, 0.15) is 56.9 Å². The van der Waals surface area contributed by atoms with Crippen molar-refractivity contribution in [3.05, 3.63) is 35.5 Å². The van der Waals surface area contributed by atoms with E-state index in [9.17, 15) is 22.4 Å². The number of benzene rings is 1. The van der Waals surface area contributed by atoms with Gasteiger partial charge in [0, 0.05) is 30.1 Å². The molecule has 4 aliphatic carbocycles. The highest BCUT2D eigenvalue weighted by Gasteiger charge is 2.54. The van der Waals surface area contributed by atoms with E-state index in [1.54, 1.807) is 0 Å². The van der Waals surface area contributed by atoms with Crippen LogP contribution >= 0.6 is 0 Å². The molecule has 1 aromatic heterocycles. The molecule has 5 nitrogen and oxygen atoms in total. The Balaban J connectivity index is 1.40. The molecule has 0 spiro atoms. The van der Waals surface area contributed by atoms with Crippen LogP contribution in [0.4, 0.5) is 17.6 Å². The van der Waals surface area contributed by atoms with E-state index < -0.39 is 23.8 Å². The second kappa shape index (κ2) is 7.03. The molecule has 0 atom stereocenters. The number of carbonyl (C=O) groups excluding carboxylic acids is 1. The number of nitrogens with zero attached hydrogens (tertiary/aromatic N) is 3. The predicted molar refractivity (Wildman–Crippen MR) is 102 cm³/mol. The van der Waals surface area contributed by atoms with Crippen molar-refractivity contribution in [2.45, 2.75) is 63.7 Å². The van der Waals surface area contributed by atoms with E-state index in [-0.39, 0.29) is 23.6 Å². The summed E-state index contributed by atoms with van der Waals surface area (Å²) in [5.41, 5.74) is 0.179. The number of amides is 1. The smallest absolute Gasteiger partial charge is 0.413 e. The van der Waals surface area contributed by atoms with Gasteiger partial charge in [-0.25, -0.2) is 4.39 Å². The molecule has 4 bridgehead atoms. The Bertz CT molecular complexity index is 981. The zero-order valence-electron chi connectivity index (χ0n) is 17.1. The average Bonchev–Trinajstić information content (AvgIpc) is 3.16. The van der Waals surface area contributed by atoms with Gasteiger partial charge < -0.3 is 9.32 Å². The van der Waals surface area contributed by atoms with E-state index in [0.29, 0.717) is 23.3 Å². The molecule has 31 heavy (non-hydrogen) atoms.